The topological polar surface area (TPSA) is 54.1 Å². The van der Waals surface area contributed by atoms with E-state index >= 15 is 0 Å². The van der Waals surface area contributed by atoms with Crippen molar-refractivity contribution in [1.29, 1.82) is 0 Å². The lowest BCUT2D eigenvalue weighted by molar-refractivity contribution is -0.686. The standard InChI is InChI=1S/C18H14N2O2.BrH/c21-17-9-5-4-8-15(17)18(22)12-20-11-10-16(19-13-20)14-6-2-1-3-7-14;/h1-11,13H,12H2;1H/p+1. The summed E-state index contributed by atoms with van der Waals surface area (Å²) >= 11 is 0. The molecule has 0 spiro atoms. The molecular weight excluding hydrogens is 356 g/mol. The molecule has 0 aliphatic rings. The first-order chi connectivity index (χ1) is 10.7. The van der Waals surface area contributed by atoms with Crippen molar-refractivity contribution in [3.63, 3.8) is 0 Å². The van der Waals surface area contributed by atoms with Crippen molar-refractivity contribution in [3.05, 3.63) is 78.8 Å². The van der Waals surface area contributed by atoms with Crippen LogP contribution in [0.4, 0.5) is 0 Å². The summed E-state index contributed by atoms with van der Waals surface area (Å²) in [6.07, 6.45) is 3.44. The first-order valence-corrected chi connectivity index (χ1v) is 6.96. The Kier molecular flexibility index (Phi) is 5.60. The number of aromatic hydroxyl groups is 1. The van der Waals surface area contributed by atoms with Gasteiger partial charge >= 0.3 is 0 Å². The number of benzene rings is 2. The van der Waals surface area contributed by atoms with Gasteiger partial charge in [0, 0.05) is 11.6 Å². The van der Waals surface area contributed by atoms with Gasteiger partial charge in [0.05, 0.1) is 11.8 Å². The molecule has 3 aromatic rings. The quantitative estimate of drug-likeness (QED) is 0.565. The van der Waals surface area contributed by atoms with Gasteiger partial charge in [-0.1, -0.05) is 42.5 Å². The van der Waals surface area contributed by atoms with E-state index in [4.69, 9.17) is 0 Å². The largest absolute Gasteiger partial charge is 0.507 e. The van der Waals surface area contributed by atoms with E-state index in [1.54, 1.807) is 29.1 Å². The van der Waals surface area contributed by atoms with Crippen molar-refractivity contribution in [2.24, 2.45) is 0 Å². The molecule has 2 aromatic carbocycles. The van der Waals surface area contributed by atoms with Crippen molar-refractivity contribution < 1.29 is 14.5 Å². The molecule has 0 radical (unpaired) electrons. The Morgan fingerprint density at radius 3 is 2.35 bits per heavy atom. The number of ketones is 1. The van der Waals surface area contributed by atoms with Crippen LogP contribution in [0.25, 0.3) is 11.3 Å². The molecule has 1 heterocycles. The number of carbonyl (C=O) groups excluding carboxylic acids is 1. The lowest BCUT2D eigenvalue weighted by Crippen LogP contribution is -2.37. The second kappa shape index (κ2) is 7.65. The first-order valence-electron chi connectivity index (χ1n) is 6.96. The van der Waals surface area contributed by atoms with Crippen molar-refractivity contribution in [1.82, 2.24) is 4.98 Å². The lowest BCUT2D eigenvalue weighted by atomic mass is 10.1. The minimum Gasteiger partial charge on any atom is -0.507 e. The van der Waals surface area contributed by atoms with E-state index in [0.717, 1.165) is 11.3 Å². The number of hydrogen-bond acceptors (Lipinski definition) is 3. The molecule has 0 unspecified atom stereocenters. The highest BCUT2D eigenvalue weighted by Gasteiger charge is 2.14. The zero-order valence-corrected chi connectivity index (χ0v) is 14.0. The number of phenols is 1. The molecule has 0 amide bonds. The van der Waals surface area contributed by atoms with Crippen molar-refractivity contribution in [2.45, 2.75) is 6.54 Å². The number of para-hydroxylation sites is 1. The summed E-state index contributed by atoms with van der Waals surface area (Å²) in [5.41, 5.74) is 2.20. The van der Waals surface area contributed by atoms with E-state index in [1.165, 1.54) is 6.07 Å². The Bertz CT molecular complexity index is 790. The van der Waals surface area contributed by atoms with Gasteiger partial charge in [0.25, 0.3) is 6.33 Å². The number of halogens is 1. The molecule has 116 valence electrons. The number of aromatic nitrogens is 2. The van der Waals surface area contributed by atoms with E-state index < -0.39 is 0 Å². The van der Waals surface area contributed by atoms with Gasteiger partial charge in [-0.05, 0) is 17.1 Å². The van der Waals surface area contributed by atoms with Gasteiger partial charge in [0.15, 0.2) is 12.2 Å². The van der Waals surface area contributed by atoms with E-state index in [-0.39, 0.29) is 35.1 Å². The summed E-state index contributed by atoms with van der Waals surface area (Å²) in [7, 11) is 0. The average Bonchev–Trinajstić information content (AvgIpc) is 2.57. The summed E-state index contributed by atoms with van der Waals surface area (Å²) in [4.78, 5) is 16.5. The van der Waals surface area contributed by atoms with Crippen LogP contribution in [0.2, 0.25) is 0 Å². The third kappa shape index (κ3) is 4.02. The van der Waals surface area contributed by atoms with Gasteiger partial charge in [0.1, 0.15) is 5.75 Å². The van der Waals surface area contributed by atoms with Gasteiger partial charge in [-0.2, -0.15) is 0 Å². The molecule has 4 nitrogen and oxygen atoms in total. The molecule has 1 aromatic heterocycles. The van der Waals surface area contributed by atoms with E-state index in [9.17, 15) is 9.90 Å². The number of hydrogen-bond donors (Lipinski definition) is 1. The van der Waals surface area contributed by atoms with Crippen molar-refractivity contribution in [3.8, 4) is 17.0 Å². The zero-order valence-electron chi connectivity index (χ0n) is 12.3. The molecule has 0 fully saturated rings. The average molecular weight is 372 g/mol. The molecule has 0 atom stereocenters. The van der Waals surface area contributed by atoms with Crippen LogP contribution < -0.4 is 4.57 Å². The van der Waals surface area contributed by atoms with Gasteiger partial charge in [0.2, 0.25) is 5.78 Å². The monoisotopic (exact) mass is 371 g/mol. The van der Waals surface area contributed by atoms with Gasteiger partial charge in [-0.25, -0.2) is 4.57 Å². The smallest absolute Gasteiger partial charge is 0.287 e. The maximum atomic E-state index is 12.2. The molecule has 3 rings (SSSR count). The highest BCUT2D eigenvalue weighted by Crippen LogP contribution is 2.16. The maximum Gasteiger partial charge on any atom is 0.287 e. The molecule has 0 bridgehead atoms. The molecule has 1 N–H and O–H groups in total. The molecule has 0 aliphatic carbocycles. The Morgan fingerprint density at radius 2 is 1.70 bits per heavy atom. The van der Waals surface area contributed by atoms with Crippen LogP contribution >= 0.6 is 17.0 Å². The van der Waals surface area contributed by atoms with Crippen molar-refractivity contribution >= 4 is 22.8 Å². The highest BCUT2D eigenvalue weighted by atomic mass is 79.9. The SMILES string of the molecule is Br.O=C(C[n+]1ccc(-c2ccccc2)nc1)c1ccccc1O. The van der Waals surface area contributed by atoms with Crippen LogP contribution in [-0.2, 0) is 6.54 Å². The molecular formula is C18H16BrN2O2+. The third-order valence-corrected chi connectivity index (χ3v) is 3.37. The fraction of sp³-hybridized carbons (Fsp3) is 0.0556. The molecule has 0 saturated heterocycles. The van der Waals surface area contributed by atoms with E-state index in [0.29, 0.717) is 5.56 Å². The Morgan fingerprint density at radius 1 is 1.00 bits per heavy atom. The van der Waals surface area contributed by atoms with Gasteiger partial charge in [-0.15, -0.1) is 17.0 Å². The van der Waals surface area contributed by atoms with Gasteiger partial charge in [-0.3, -0.25) is 4.79 Å². The predicted octanol–water partition coefficient (Wildman–Crippen LogP) is 3.20. The summed E-state index contributed by atoms with van der Waals surface area (Å²) in [5.74, 6) is -0.153. The Hall–Kier alpha value is -2.53. The van der Waals surface area contributed by atoms with Crippen LogP contribution in [-0.4, -0.2) is 15.9 Å². The lowest BCUT2D eigenvalue weighted by Gasteiger charge is -2.02. The number of Topliss-reactive ketones (excluding diaryl/α,β-unsaturated/α-hetero) is 1. The fourth-order valence-corrected chi connectivity index (χ4v) is 2.22. The summed E-state index contributed by atoms with van der Waals surface area (Å²) in [6, 6.07) is 18.3. The molecule has 0 aliphatic heterocycles. The molecule has 23 heavy (non-hydrogen) atoms. The summed E-state index contributed by atoms with van der Waals surface area (Å²) in [6.45, 7) is 0.139. The van der Waals surface area contributed by atoms with Gasteiger partial charge < -0.3 is 5.11 Å². The zero-order chi connectivity index (χ0) is 15.4. The number of rotatable bonds is 4. The normalized spacial score (nSPS) is 9.91. The minimum atomic E-state index is -0.155. The second-order valence-electron chi connectivity index (χ2n) is 4.92. The molecule has 5 heteroatoms. The maximum absolute atomic E-state index is 12.2. The fourth-order valence-electron chi connectivity index (χ4n) is 2.22. The summed E-state index contributed by atoms with van der Waals surface area (Å²) in [5, 5.41) is 9.71. The Labute approximate surface area is 144 Å². The predicted molar refractivity (Wildman–Crippen MR) is 92.6 cm³/mol. The number of carbonyl (C=O) groups is 1. The number of phenolic OH excluding ortho intramolecular Hbond substituents is 1. The van der Waals surface area contributed by atoms with Crippen LogP contribution in [0.15, 0.2) is 73.2 Å². The van der Waals surface area contributed by atoms with E-state index in [1.807, 2.05) is 42.6 Å². The minimum absolute atomic E-state index is 0. The third-order valence-electron chi connectivity index (χ3n) is 3.37. The van der Waals surface area contributed by atoms with Crippen LogP contribution in [0.3, 0.4) is 0 Å². The van der Waals surface area contributed by atoms with Crippen LogP contribution in [0.5, 0.6) is 5.75 Å². The van der Waals surface area contributed by atoms with E-state index in [2.05, 4.69) is 4.98 Å². The molecule has 0 saturated carbocycles. The number of nitrogens with zero attached hydrogens (tertiary/aromatic N) is 2. The van der Waals surface area contributed by atoms with Crippen molar-refractivity contribution in [2.75, 3.05) is 0 Å². The Balaban J connectivity index is 0.00000192. The second-order valence-corrected chi connectivity index (χ2v) is 4.92. The van der Waals surface area contributed by atoms with Crippen LogP contribution in [0.1, 0.15) is 10.4 Å². The summed E-state index contributed by atoms with van der Waals surface area (Å²) < 4.78 is 1.70. The highest BCUT2D eigenvalue weighted by molar-refractivity contribution is 8.93. The van der Waals surface area contributed by atoms with Crippen LogP contribution in [0, 0.1) is 0 Å². The first kappa shape index (κ1) is 16.8.